The Balaban J connectivity index is 2.13. The van der Waals surface area contributed by atoms with Crippen LogP contribution in [-0.4, -0.2) is 20.0 Å². The second-order valence-corrected chi connectivity index (χ2v) is 5.83. The van der Waals surface area contributed by atoms with E-state index in [4.69, 9.17) is 11.6 Å². The van der Waals surface area contributed by atoms with Gasteiger partial charge in [0.25, 0.3) is 0 Å². The molecule has 1 aromatic heterocycles. The molecule has 3 nitrogen and oxygen atoms in total. The maximum absolute atomic E-state index is 12.0. The third-order valence-electron chi connectivity index (χ3n) is 2.63. The van der Waals surface area contributed by atoms with E-state index in [1.54, 1.807) is 17.4 Å². The number of carbonyl (C=O) groups is 1. The van der Waals surface area contributed by atoms with E-state index in [1.807, 2.05) is 48.6 Å². The molecule has 1 heterocycles. The largest absolute Gasteiger partial charge is 0.376 e. The molecular weight excluding hydrogens is 280 g/mol. The van der Waals surface area contributed by atoms with Gasteiger partial charge in [0.15, 0.2) is 0 Å². The summed E-state index contributed by atoms with van der Waals surface area (Å²) in [4.78, 5) is 15.0. The standard InChI is InChI=1S/C14H15ClN2OS/c1-17(2)13-6-5-10(15)8-12(13)16-14(18)9-11-4-3-7-19-11/h3-8H,9H2,1-2H3,(H,16,18). The summed E-state index contributed by atoms with van der Waals surface area (Å²) in [7, 11) is 3.86. The number of hydrogen-bond donors (Lipinski definition) is 1. The summed E-state index contributed by atoms with van der Waals surface area (Å²) in [5.41, 5.74) is 1.67. The normalized spacial score (nSPS) is 10.3. The molecule has 0 radical (unpaired) electrons. The molecule has 1 aromatic carbocycles. The Morgan fingerprint density at radius 3 is 2.79 bits per heavy atom. The highest BCUT2D eigenvalue weighted by atomic mass is 35.5. The molecule has 0 aliphatic rings. The van der Waals surface area contributed by atoms with Crippen molar-refractivity contribution in [3.8, 4) is 0 Å². The first kappa shape index (κ1) is 13.9. The fourth-order valence-corrected chi connectivity index (χ4v) is 2.64. The van der Waals surface area contributed by atoms with E-state index in [0.717, 1.165) is 16.3 Å². The second kappa shape index (κ2) is 6.08. The first-order chi connectivity index (χ1) is 9.06. The van der Waals surface area contributed by atoms with Gasteiger partial charge in [-0.3, -0.25) is 4.79 Å². The van der Waals surface area contributed by atoms with Crippen LogP contribution in [0.25, 0.3) is 0 Å². The number of halogens is 1. The minimum Gasteiger partial charge on any atom is -0.376 e. The van der Waals surface area contributed by atoms with Gasteiger partial charge in [0.1, 0.15) is 0 Å². The minimum absolute atomic E-state index is 0.0344. The Bertz CT molecular complexity index is 567. The molecule has 1 amide bonds. The molecule has 100 valence electrons. The van der Waals surface area contributed by atoms with E-state index in [0.29, 0.717) is 11.4 Å². The van der Waals surface area contributed by atoms with Crippen molar-refractivity contribution < 1.29 is 4.79 Å². The number of rotatable bonds is 4. The number of nitrogens with one attached hydrogen (secondary N) is 1. The lowest BCUT2D eigenvalue weighted by atomic mass is 10.2. The van der Waals surface area contributed by atoms with Gasteiger partial charge in [0.2, 0.25) is 5.91 Å². The molecular formula is C14H15ClN2OS. The lowest BCUT2D eigenvalue weighted by Gasteiger charge is -2.18. The minimum atomic E-state index is -0.0344. The van der Waals surface area contributed by atoms with Crippen LogP contribution >= 0.6 is 22.9 Å². The lowest BCUT2D eigenvalue weighted by Crippen LogP contribution is -2.17. The van der Waals surface area contributed by atoms with Gasteiger partial charge in [-0.15, -0.1) is 11.3 Å². The third kappa shape index (κ3) is 3.72. The van der Waals surface area contributed by atoms with E-state index in [9.17, 15) is 4.79 Å². The van der Waals surface area contributed by atoms with Gasteiger partial charge >= 0.3 is 0 Å². The molecule has 2 aromatic rings. The zero-order chi connectivity index (χ0) is 13.8. The van der Waals surface area contributed by atoms with Crippen molar-refractivity contribution in [2.75, 3.05) is 24.3 Å². The molecule has 0 atom stereocenters. The number of anilines is 2. The van der Waals surface area contributed by atoms with Gasteiger partial charge in [0.05, 0.1) is 17.8 Å². The van der Waals surface area contributed by atoms with Crippen LogP contribution in [0.2, 0.25) is 5.02 Å². The highest BCUT2D eigenvalue weighted by Crippen LogP contribution is 2.28. The zero-order valence-corrected chi connectivity index (χ0v) is 12.4. The number of thiophene rings is 1. The first-order valence-electron chi connectivity index (χ1n) is 5.85. The summed E-state index contributed by atoms with van der Waals surface area (Å²) in [6, 6.07) is 9.37. The summed E-state index contributed by atoms with van der Waals surface area (Å²) < 4.78 is 0. The van der Waals surface area contributed by atoms with Crippen LogP contribution in [0.15, 0.2) is 35.7 Å². The van der Waals surface area contributed by atoms with Crippen molar-refractivity contribution in [1.29, 1.82) is 0 Å². The number of carbonyl (C=O) groups excluding carboxylic acids is 1. The maximum atomic E-state index is 12.0. The van der Waals surface area contributed by atoms with Gasteiger partial charge < -0.3 is 10.2 Å². The molecule has 5 heteroatoms. The Hall–Kier alpha value is -1.52. The van der Waals surface area contributed by atoms with Crippen molar-refractivity contribution in [3.63, 3.8) is 0 Å². The van der Waals surface area contributed by atoms with Crippen LogP contribution in [0.5, 0.6) is 0 Å². The van der Waals surface area contributed by atoms with Crippen LogP contribution in [0.4, 0.5) is 11.4 Å². The van der Waals surface area contributed by atoms with Gasteiger partial charge in [-0.1, -0.05) is 17.7 Å². The first-order valence-corrected chi connectivity index (χ1v) is 7.11. The van der Waals surface area contributed by atoms with Crippen molar-refractivity contribution >= 4 is 40.2 Å². The molecule has 0 aliphatic carbocycles. The molecule has 0 bridgehead atoms. The average molecular weight is 295 g/mol. The Morgan fingerprint density at radius 2 is 2.16 bits per heavy atom. The lowest BCUT2D eigenvalue weighted by molar-refractivity contribution is -0.115. The molecule has 2 rings (SSSR count). The Morgan fingerprint density at radius 1 is 1.37 bits per heavy atom. The van der Waals surface area contributed by atoms with Gasteiger partial charge in [0, 0.05) is 24.0 Å². The molecule has 0 fully saturated rings. The number of hydrogen-bond acceptors (Lipinski definition) is 3. The monoisotopic (exact) mass is 294 g/mol. The number of benzene rings is 1. The van der Waals surface area contributed by atoms with Crippen molar-refractivity contribution in [1.82, 2.24) is 0 Å². The molecule has 0 saturated heterocycles. The molecule has 0 spiro atoms. The molecule has 0 saturated carbocycles. The molecule has 1 N–H and O–H groups in total. The quantitative estimate of drug-likeness (QED) is 0.933. The highest BCUT2D eigenvalue weighted by Gasteiger charge is 2.10. The number of nitrogens with zero attached hydrogens (tertiary/aromatic N) is 1. The molecule has 0 aliphatic heterocycles. The van der Waals surface area contributed by atoms with E-state index < -0.39 is 0 Å². The molecule has 19 heavy (non-hydrogen) atoms. The van der Waals surface area contributed by atoms with Crippen molar-refractivity contribution in [2.45, 2.75) is 6.42 Å². The third-order valence-corrected chi connectivity index (χ3v) is 3.74. The van der Waals surface area contributed by atoms with Crippen LogP contribution in [0.1, 0.15) is 4.88 Å². The smallest absolute Gasteiger partial charge is 0.229 e. The Kier molecular flexibility index (Phi) is 4.45. The highest BCUT2D eigenvalue weighted by molar-refractivity contribution is 7.10. The predicted octanol–water partition coefficient (Wildman–Crippen LogP) is 3.65. The van der Waals surface area contributed by atoms with E-state index in [-0.39, 0.29) is 5.91 Å². The zero-order valence-electron chi connectivity index (χ0n) is 10.8. The summed E-state index contributed by atoms with van der Waals surface area (Å²) in [6.45, 7) is 0. The summed E-state index contributed by atoms with van der Waals surface area (Å²) in [5.74, 6) is -0.0344. The topological polar surface area (TPSA) is 32.3 Å². The van der Waals surface area contributed by atoms with E-state index in [1.165, 1.54) is 0 Å². The second-order valence-electron chi connectivity index (χ2n) is 4.36. The molecule has 0 unspecified atom stereocenters. The van der Waals surface area contributed by atoms with Crippen LogP contribution < -0.4 is 10.2 Å². The van der Waals surface area contributed by atoms with Crippen molar-refractivity contribution in [3.05, 3.63) is 45.6 Å². The van der Waals surface area contributed by atoms with Crippen LogP contribution in [-0.2, 0) is 11.2 Å². The van der Waals surface area contributed by atoms with Gasteiger partial charge in [-0.05, 0) is 29.6 Å². The van der Waals surface area contributed by atoms with Crippen molar-refractivity contribution in [2.24, 2.45) is 0 Å². The maximum Gasteiger partial charge on any atom is 0.229 e. The SMILES string of the molecule is CN(C)c1ccc(Cl)cc1NC(=O)Cc1cccs1. The fraction of sp³-hybridized carbons (Fsp3) is 0.214. The van der Waals surface area contributed by atoms with E-state index >= 15 is 0 Å². The average Bonchev–Trinajstić information content (AvgIpc) is 2.81. The van der Waals surface area contributed by atoms with E-state index in [2.05, 4.69) is 5.32 Å². The summed E-state index contributed by atoms with van der Waals surface area (Å²) in [6.07, 6.45) is 0.386. The number of amides is 1. The summed E-state index contributed by atoms with van der Waals surface area (Å²) in [5, 5.41) is 5.49. The van der Waals surface area contributed by atoms with Crippen LogP contribution in [0, 0.1) is 0 Å². The van der Waals surface area contributed by atoms with Gasteiger partial charge in [-0.25, -0.2) is 0 Å². The predicted molar refractivity (Wildman–Crippen MR) is 82.4 cm³/mol. The van der Waals surface area contributed by atoms with Crippen LogP contribution in [0.3, 0.4) is 0 Å². The Labute approximate surface area is 121 Å². The van der Waals surface area contributed by atoms with Gasteiger partial charge in [-0.2, -0.15) is 0 Å². The fourth-order valence-electron chi connectivity index (χ4n) is 1.76. The summed E-state index contributed by atoms with van der Waals surface area (Å²) >= 11 is 7.56.